The van der Waals surface area contributed by atoms with E-state index in [1.54, 1.807) is 42.5 Å². The molecule has 1 amide bonds. The third-order valence-electron chi connectivity index (χ3n) is 4.95. The van der Waals surface area contributed by atoms with Crippen molar-refractivity contribution in [3.8, 4) is 11.3 Å². The van der Waals surface area contributed by atoms with Gasteiger partial charge in [0.1, 0.15) is 5.69 Å². The lowest BCUT2D eigenvalue weighted by molar-refractivity contribution is -0.384. The Hall–Kier alpha value is -5.04. The second kappa shape index (κ2) is 9.68. The highest BCUT2D eigenvalue weighted by molar-refractivity contribution is 7.92. The second-order valence-corrected chi connectivity index (χ2v) is 9.11. The number of nitrogens with one attached hydrogen (secondary N) is 3. The van der Waals surface area contributed by atoms with Crippen LogP contribution < -0.4 is 10.0 Å². The first-order chi connectivity index (χ1) is 17.1. The number of non-ortho nitro benzene ring substituents is 1. The van der Waals surface area contributed by atoms with Crippen molar-refractivity contribution < 1.29 is 28.0 Å². The Morgan fingerprint density at radius 3 is 2.44 bits per heavy atom. The van der Waals surface area contributed by atoms with Crippen molar-refractivity contribution in [2.45, 2.75) is 4.90 Å². The first kappa shape index (κ1) is 24.1. The van der Waals surface area contributed by atoms with Gasteiger partial charge >= 0.3 is 5.97 Å². The first-order valence-corrected chi connectivity index (χ1v) is 11.7. The molecule has 1 aromatic heterocycles. The predicted molar refractivity (Wildman–Crippen MR) is 131 cm³/mol. The molecule has 0 saturated heterocycles. The zero-order chi connectivity index (χ0) is 25.9. The molecular formula is C23H17N5O7S. The normalized spacial score (nSPS) is 11.4. The molecule has 0 spiro atoms. The number of nitrogens with zero attached hydrogens (tertiary/aromatic N) is 2. The van der Waals surface area contributed by atoms with Gasteiger partial charge in [0.05, 0.1) is 15.3 Å². The summed E-state index contributed by atoms with van der Waals surface area (Å²) in [5.41, 5.74) is 2.14. The SMILES string of the molecule is O=C(O)/C=C\C(=O)Nc1cccc(-c2n[nH]c3ccc(NS(=O)(=O)c4ccc([N+](=O)[O-])cc4)cc23)c1. The zero-order valence-electron chi connectivity index (χ0n) is 18.2. The van der Waals surface area contributed by atoms with Crippen LogP contribution in [0.4, 0.5) is 17.1 Å². The van der Waals surface area contributed by atoms with Gasteiger partial charge in [-0.25, -0.2) is 13.2 Å². The monoisotopic (exact) mass is 507 g/mol. The Morgan fingerprint density at radius 1 is 1.00 bits per heavy atom. The number of hydrogen-bond acceptors (Lipinski definition) is 7. The van der Waals surface area contributed by atoms with E-state index in [0.717, 1.165) is 36.4 Å². The lowest BCUT2D eigenvalue weighted by atomic mass is 10.1. The number of sulfonamides is 1. The number of carboxylic acids is 1. The number of H-pyrrole nitrogens is 1. The fourth-order valence-electron chi connectivity index (χ4n) is 3.33. The number of aliphatic carboxylic acids is 1. The summed E-state index contributed by atoms with van der Waals surface area (Å²) in [6.07, 6.45) is 1.61. The molecule has 0 aliphatic rings. The molecule has 13 heteroatoms. The highest BCUT2D eigenvalue weighted by atomic mass is 32.2. The number of fused-ring (bicyclic) bond motifs is 1. The van der Waals surface area contributed by atoms with Gasteiger partial charge in [0, 0.05) is 46.6 Å². The molecule has 0 unspecified atom stereocenters. The number of benzene rings is 3. The first-order valence-electron chi connectivity index (χ1n) is 10.2. The lowest BCUT2D eigenvalue weighted by Crippen LogP contribution is -2.12. The average Bonchev–Trinajstić information content (AvgIpc) is 3.26. The van der Waals surface area contributed by atoms with Crippen LogP contribution in [0.2, 0.25) is 0 Å². The number of anilines is 2. The number of carbonyl (C=O) groups is 2. The van der Waals surface area contributed by atoms with E-state index in [1.807, 2.05) is 0 Å². The minimum absolute atomic E-state index is 0.138. The van der Waals surface area contributed by atoms with Gasteiger partial charge in [-0.05, 0) is 42.5 Å². The summed E-state index contributed by atoms with van der Waals surface area (Å²) in [6, 6.07) is 15.9. The summed E-state index contributed by atoms with van der Waals surface area (Å²) < 4.78 is 28.0. The van der Waals surface area contributed by atoms with Crippen molar-refractivity contribution in [1.82, 2.24) is 10.2 Å². The summed E-state index contributed by atoms with van der Waals surface area (Å²) in [5, 5.41) is 29.8. The van der Waals surface area contributed by atoms with Crippen molar-refractivity contribution in [1.29, 1.82) is 0 Å². The maximum Gasteiger partial charge on any atom is 0.328 e. The summed E-state index contributed by atoms with van der Waals surface area (Å²) in [7, 11) is -4.02. The number of hydrogen-bond donors (Lipinski definition) is 4. The standard InChI is InChI=1S/C23H17N5O7S/c29-21(10-11-22(30)31)24-15-3-1-2-14(12-15)23-19-13-16(4-9-20(19)25-26-23)27-36(34,35)18-7-5-17(6-8-18)28(32)33/h1-13,27H,(H,24,29)(H,25,26)(H,30,31)/b11-10-. The van der Waals surface area contributed by atoms with E-state index in [2.05, 4.69) is 20.2 Å². The van der Waals surface area contributed by atoms with Crippen LogP contribution in [0.5, 0.6) is 0 Å². The molecule has 0 atom stereocenters. The van der Waals surface area contributed by atoms with Gasteiger partial charge in [0.15, 0.2) is 0 Å². The molecule has 0 radical (unpaired) electrons. The highest BCUT2D eigenvalue weighted by Gasteiger charge is 2.17. The molecule has 3 aromatic carbocycles. The van der Waals surface area contributed by atoms with Crippen molar-refractivity contribution in [2.24, 2.45) is 0 Å². The molecule has 4 N–H and O–H groups in total. The Kier molecular flexibility index (Phi) is 6.48. The van der Waals surface area contributed by atoms with E-state index in [1.165, 1.54) is 0 Å². The number of aromatic nitrogens is 2. The second-order valence-electron chi connectivity index (χ2n) is 7.43. The van der Waals surface area contributed by atoms with E-state index in [9.17, 15) is 28.1 Å². The maximum atomic E-state index is 12.8. The molecule has 0 aliphatic heterocycles. The number of carbonyl (C=O) groups excluding carboxylic acids is 1. The number of carboxylic acid groups (broad SMARTS) is 1. The number of nitro groups is 1. The fourth-order valence-corrected chi connectivity index (χ4v) is 4.38. The van der Waals surface area contributed by atoms with Gasteiger partial charge in [-0.1, -0.05) is 12.1 Å². The van der Waals surface area contributed by atoms with Crippen LogP contribution in [0, 0.1) is 10.1 Å². The highest BCUT2D eigenvalue weighted by Crippen LogP contribution is 2.31. The molecule has 4 aromatic rings. The Balaban J connectivity index is 1.61. The molecule has 0 aliphatic carbocycles. The van der Waals surface area contributed by atoms with Gasteiger partial charge in [0.25, 0.3) is 15.7 Å². The molecule has 182 valence electrons. The van der Waals surface area contributed by atoms with Crippen LogP contribution in [-0.2, 0) is 19.6 Å². The summed E-state index contributed by atoms with van der Waals surface area (Å²) in [5.74, 6) is -1.87. The quantitative estimate of drug-likeness (QED) is 0.158. The van der Waals surface area contributed by atoms with Crippen LogP contribution in [0.15, 0.2) is 83.8 Å². The Morgan fingerprint density at radius 2 is 1.75 bits per heavy atom. The number of amides is 1. The Labute approximate surface area is 203 Å². The van der Waals surface area contributed by atoms with Crippen molar-refractivity contribution >= 4 is 49.9 Å². The minimum Gasteiger partial charge on any atom is -0.478 e. The van der Waals surface area contributed by atoms with Gasteiger partial charge in [0.2, 0.25) is 5.91 Å². The van der Waals surface area contributed by atoms with Gasteiger partial charge in [-0.15, -0.1) is 0 Å². The molecular weight excluding hydrogens is 490 g/mol. The summed E-state index contributed by atoms with van der Waals surface area (Å²) in [6.45, 7) is 0. The van der Waals surface area contributed by atoms with Crippen LogP contribution in [-0.4, -0.2) is 40.5 Å². The molecule has 4 rings (SSSR count). The van der Waals surface area contributed by atoms with Gasteiger partial charge in [-0.3, -0.25) is 24.7 Å². The number of nitro benzene ring substituents is 1. The average molecular weight is 507 g/mol. The van der Waals surface area contributed by atoms with E-state index >= 15 is 0 Å². The third-order valence-corrected chi connectivity index (χ3v) is 6.35. The third kappa shape index (κ3) is 5.37. The van der Waals surface area contributed by atoms with Gasteiger partial charge < -0.3 is 10.4 Å². The van der Waals surface area contributed by atoms with E-state index in [0.29, 0.717) is 27.8 Å². The number of rotatable bonds is 8. The van der Waals surface area contributed by atoms with Crippen molar-refractivity contribution in [2.75, 3.05) is 10.0 Å². The topological polar surface area (TPSA) is 184 Å². The smallest absolute Gasteiger partial charge is 0.328 e. The van der Waals surface area contributed by atoms with Crippen LogP contribution in [0.3, 0.4) is 0 Å². The zero-order valence-corrected chi connectivity index (χ0v) is 19.0. The largest absolute Gasteiger partial charge is 0.478 e. The molecule has 36 heavy (non-hydrogen) atoms. The van der Waals surface area contributed by atoms with Crippen LogP contribution in [0.25, 0.3) is 22.2 Å². The lowest BCUT2D eigenvalue weighted by Gasteiger charge is -2.09. The van der Waals surface area contributed by atoms with Crippen molar-refractivity contribution in [3.63, 3.8) is 0 Å². The van der Waals surface area contributed by atoms with Crippen molar-refractivity contribution in [3.05, 3.63) is 89.0 Å². The van der Waals surface area contributed by atoms with Crippen LogP contribution >= 0.6 is 0 Å². The predicted octanol–water partition coefficient (Wildman–Crippen LogP) is 3.52. The Bertz CT molecular complexity index is 1630. The molecule has 12 nitrogen and oxygen atoms in total. The summed E-state index contributed by atoms with van der Waals surface area (Å²) >= 11 is 0. The van der Waals surface area contributed by atoms with E-state index < -0.39 is 26.8 Å². The van der Waals surface area contributed by atoms with E-state index in [-0.39, 0.29) is 16.3 Å². The molecule has 1 heterocycles. The molecule has 0 fully saturated rings. The maximum absolute atomic E-state index is 12.8. The van der Waals surface area contributed by atoms with E-state index in [4.69, 9.17) is 5.11 Å². The summed E-state index contributed by atoms with van der Waals surface area (Å²) in [4.78, 5) is 32.5. The van der Waals surface area contributed by atoms with Gasteiger partial charge in [-0.2, -0.15) is 5.10 Å². The molecule has 0 saturated carbocycles. The fraction of sp³-hybridized carbons (Fsp3) is 0. The van der Waals surface area contributed by atoms with Crippen LogP contribution in [0.1, 0.15) is 0 Å². The minimum atomic E-state index is -4.02. The molecule has 0 bridgehead atoms. The number of aromatic amines is 1.